The summed E-state index contributed by atoms with van der Waals surface area (Å²) in [6.45, 7) is 0.282. The lowest BCUT2D eigenvalue weighted by Gasteiger charge is -2.09. The summed E-state index contributed by atoms with van der Waals surface area (Å²) < 4.78 is 15.5. The van der Waals surface area contributed by atoms with Gasteiger partial charge in [-0.15, -0.1) is 0 Å². The first-order valence-electron chi connectivity index (χ1n) is 4.71. The number of hydrogen-bond acceptors (Lipinski definition) is 2. The minimum Gasteiger partial charge on any atom is -0.399 e. The van der Waals surface area contributed by atoms with Gasteiger partial charge in [-0.05, 0) is 17.7 Å². The van der Waals surface area contributed by atoms with Crippen molar-refractivity contribution in [2.75, 3.05) is 5.73 Å². The van der Waals surface area contributed by atoms with Gasteiger partial charge in [0.05, 0.1) is 12.9 Å². The van der Waals surface area contributed by atoms with Crippen LogP contribution in [0.4, 0.5) is 10.1 Å². The number of hydrogen-bond donors (Lipinski definition) is 1. The molecular weight excluding hydrogens is 193 g/mol. The summed E-state index contributed by atoms with van der Waals surface area (Å²) in [7, 11) is 0. The number of anilines is 1. The van der Waals surface area contributed by atoms with Crippen LogP contribution in [0.1, 0.15) is 11.7 Å². The average Bonchev–Trinajstić information content (AvgIpc) is 2.71. The molecule has 2 rings (SSSR count). The van der Waals surface area contributed by atoms with Gasteiger partial charge in [-0.2, -0.15) is 0 Å². The number of halogens is 1. The van der Waals surface area contributed by atoms with E-state index in [9.17, 15) is 4.39 Å². The average molecular weight is 205 g/mol. The van der Waals surface area contributed by atoms with Gasteiger partial charge in [-0.1, -0.05) is 12.1 Å². The highest BCUT2D eigenvalue weighted by molar-refractivity contribution is 5.39. The van der Waals surface area contributed by atoms with Crippen LogP contribution in [0.2, 0.25) is 0 Å². The fourth-order valence-electron chi connectivity index (χ4n) is 1.39. The Kier molecular flexibility index (Phi) is 2.67. The third-order valence-corrected chi connectivity index (χ3v) is 2.23. The summed E-state index contributed by atoms with van der Waals surface area (Å²) in [4.78, 5) is 3.86. The van der Waals surface area contributed by atoms with Crippen molar-refractivity contribution in [2.45, 2.75) is 12.7 Å². The largest absolute Gasteiger partial charge is 0.399 e. The Labute approximate surface area is 87.4 Å². The third kappa shape index (κ3) is 2.34. The first kappa shape index (κ1) is 9.71. The van der Waals surface area contributed by atoms with E-state index in [-0.39, 0.29) is 6.54 Å². The number of benzene rings is 1. The highest BCUT2D eigenvalue weighted by atomic mass is 19.1. The van der Waals surface area contributed by atoms with Crippen molar-refractivity contribution in [1.29, 1.82) is 0 Å². The first-order valence-corrected chi connectivity index (χ1v) is 4.71. The second kappa shape index (κ2) is 4.13. The maximum Gasteiger partial charge on any atom is 0.143 e. The zero-order valence-corrected chi connectivity index (χ0v) is 8.18. The van der Waals surface area contributed by atoms with Crippen molar-refractivity contribution in [2.24, 2.45) is 0 Å². The Morgan fingerprint density at radius 1 is 1.33 bits per heavy atom. The molecule has 0 aliphatic rings. The summed E-state index contributed by atoms with van der Waals surface area (Å²) in [6, 6.07) is 6.82. The van der Waals surface area contributed by atoms with Crippen LogP contribution in [0, 0.1) is 0 Å². The molecule has 0 spiro atoms. The molecule has 0 amide bonds. The van der Waals surface area contributed by atoms with Gasteiger partial charge >= 0.3 is 0 Å². The van der Waals surface area contributed by atoms with Crippen molar-refractivity contribution in [1.82, 2.24) is 9.55 Å². The van der Waals surface area contributed by atoms with Crippen LogP contribution in [0.15, 0.2) is 43.0 Å². The van der Waals surface area contributed by atoms with Gasteiger partial charge in [0.15, 0.2) is 0 Å². The summed E-state index contributed by atoms with van der Waals surface area (Å²) in [5.41, 5.74) is 6.81. The fourth-order valence-corrected chi connectivity index (χ4v) is 1.39. The molecule has 4 heteroatoms. The topological polar surface area (TPSA) is 43.8 Å². The summed E-state index contributed by atoms with van der Waals surface area (Å²) >= 11 is 0. The van der Waals surface area contributed by atoms with E-state index in [1.54, 1.807) is 47.6 Å². The Morgan fingerprint density at radius 3 is 2.67 bits per heavy atom. The predicted octanol–water partition coefficient (Wildman–Crippen LogP) is 2.18. The van der Waals surface area contributed by atoms with Crippen molar-refractivity contribution in [3.8, 4) is 0 Å². The van der Waals surface area contributed by atoms with Crippen LogP contribution >= 0.6 is 0 Å². The van der Waals surface area contributed by atoms with Gasteiger partial charge < -0.3 is 10.3 Å². The molecule has 3 nitrogen and oxygen atoms in total. The van der Waals surface area contributed by atoms with Crippen LogP contribution in [0.5, 0.6) is 0 Å². The Hall–Kier alpha value is -1.84. The Bertz CT molecular complexity index is 408. The van der Waals surface area contributed by atoms with Crippen molar-refractivity contribution in [3.05, 3.63) is 48.5 Å². The van der Waals surface area contributed by atoms with Gasteiger partial charge in [-0.3, -0.25) is 0 Å². The molecule has 0 saturated heterocycles. The third-order valence-electron chi connectivity index (χ3n) is 2.23. The SMILES string of the molecule is Nc1ccc(C(F)Cn2ccnc2)cc1. The smallest absolute Gasteiger partial charge is 0.143 e. The summed E-state index contributed by atoms with van der Waals surface area (Å²) in [6.07, 6.45) is 3.95. The normalized spacial score (nSPS) is 12.6. The second-order valence-corrected chi connectivity index (χ2v) is 3.39. The molecule has 0 aliphatic carbocycles. The quantitative estimate of drug-likeness (QED) is 0.780. The Balaban J connectivity index is 2.08. The number of alkyl halides is 1. The number of aromatic nitrogens is 2. The number of nitrogens with zero attached hydrogens (tertiary/aromatic N) is 2. The van der Waals surface area contributed by atoms with Crippen molar-refractivity contribution < 1.29 is 4.39 Å². The molecule has 1 heterocycles. The van der Waals surface area contributed by atoms with E-state index >= 15 is 0 Å². The number of nitrogens with two attached hydrogens (primary N) is 1. The van der Waals surface area contributed by atoms with E-state index in [1.165, 1.54) is 0 Å². The molecule has 0 radical (unpaired) electrons. The highest BCUT2D eigenvalue weighted by Crippen LogP contribution is 2.20. The number of imidazole rings is 1. The monoisotopic (exact) mass is 205 g/mol. The van der Waals surface area contributed by atoms with Crippen LogP contribution in [0.3, 0.4) is 0 Å². The lowest BCUT2D eigenvalue weighted by atomic mass is 10.1. The molecule has 1 atom stereocenters. The maximum absolute atomic E-state index is 13.7. The van der Waals surface area contributed by atoms with Crippen LogP contribution < -0.4 is 5.73 Å². The Morgan fingerprint density at radius 2 is 2.07 bits per heavy atom. The first-order chi connectivity index (χ1) is 7.25. The van der Waals surface area contributed by atoms with Crippen molar-refractivity contribution >= 4 is 5.69 Å². The molecule has 1 unspecified atom stereocenters. The molecule has 0 aliphatic heterocycles. The van der Waals surface area contributed by atoms with Crippen LogP contribution in [-0.4, -0.2) is 9.55 Å². The van der Waals surface area contributed by atoms with Crippen LogP contribution in [-0.2, 0) is 6.54 Å². The van der Waals surface area contributed by atoms with Crippen LogP contribution in [0.25, 0.3) is 0 Å². The van der Waals surface area contributed by atoms with E-state index < -0.39 is 6.17 Å². The van der Waals surface area contributed by atoms with E-state index in [1.807, 2.05) is 0 Å². The molecule has 0 bridgehead atoms. The van der Waals surface area contributed by atoms with E-state index in [0.717, 1.165) is 0 Å². The lowest BCUT2D eigenvalue weighted by Crippen LogP contribution is -2.03. The zero-order valence-electron chi connectivity index (χ0n) is 8.18. The predicted molar refractivity (Wildman–Crippen MR) is 56.9 cm³/mol. The van der Waals surface area contributed by atoms with E-state index in [2.05, 4.69) is 4.98 Å². The highest BCUT2D eigenvalue weighted by Gasteiger charge is 2.09. The van der Waals surface area contributed by atoms with Gasteiger partial charge in [0, 0.05) is 18.1 Å². The minimum atomic E-state index is -1.03. The van der Waals surface area contributed by atoms with E-state index in [4.69, 9.17) is 5.73 Å². The van der Waals surface area contributed by atoms with Gasteiger partial charge in [0.25, 0.3) is 0 Å². The molecule has 1 aromatic carbocycles. The molecule has 2 aromatic rings. The summed E-state index contributed by atoms with van der Waals surface area (Å²) in [5, 5.41) is 0. The summed E-state index contributed by atoms with van der Waals surface area (Å²) in [5.74, 6) is 0. The van der Waals surface area contributed by atoms with Gasteiger partial charge in [0.1, 0.15) is 6.17 Å². The molecular formula is C11H12FN3. The molecule has 2 N–H and O–H groups in total. The van der Waals surface area contributed by atoms with Gasteiger partial charge in [-0.25, -0.2) is 9.37 Å². The number of rotatable bonds is 3. The molecule has 78 valence electrons. The molecule has 1 aromatic heterocycles. The van der Waals surface area contributed by atoms with Crippen molar-refractivity contribution in [3.63, 3.8) is 0 Å². The fraction of sp³-hybridized carbons (Fsp3) is 0.182. The second-order valence-electron chi connectivity index (χ2n) is 3.39. The van der Waals surface area contributed by atoms with E-state index in [0.29, 0.717) is 11.3 Å². The standard InChI is InChI=1S/C11H12FN3/c12-11(7-15-6-5-14-8-15)9-1-3-10(13)4-2-9/h1-6,8,11H,7,13H2. The van der Waals surface area contributed by atoms with Gasteiger partial charge in [0.2, 0.25) is 0 Å². The lowest BCUT2D eigenvalue weighted by molar-refractivity contribution is 0.303. The minimum absolute atomic E-state index is 0.282. The molecule has 0 saturated carbocycles. The number of nitrogen functional groups attached to an aromatic ring is 1. The zero-order chi connectivity index (χ0) is 10.7. The molecule has 0 fully saturated rings. The maximum atomic E-state index is 13.7. The molecule has 15 heavy (non-hydrogen) atoms.